The van der Waals surface area contributed by atoms with Crippen LogP contribution in [0.2, 0.25) is 0 Å². The zero-order valence-corrected chi connectivity index (χ0v) is 12.2. The molecule has 7 heteroatoms. The molecule has 1 heterocycles. The smallest absolute Gasteiger partial charge is 0.371 e. The zero-order chi connectivity index (χ0) is 14.8. The highest BCUT2D eigenvalue weighted by Crippen LogP contribution is 2.31. The molecule has 1 fully saturated rings. The Labute approximate surface area is 123 Å². The van der Waals surface area contributed by atoms with Gasteiger partial charge in [-0.15, -0.1) is 0 Å². The molecule has 1 N–H and O–H groups in total. The average Bonchev–Trinajstić information content (AvgIpc) is 2.38. The molecule has 1 aliphatic rings. The molecule has 1 aliphatic heterocycles. The summed E-state index contributed by atoms with van der Waals surface area (Å²) in [5.41, 5.74) is 1.06. The predicted molar refractivity (Wildman–Crippen MR) is 74.9 cm³/mol. The van der Waals surface area contributed by atoms with Gasteiger partial charge in [0.25, 0.3) is 0 Å². The van der Waals surface area contributed by atoms with E-state index in [0.717, 1.165) is 31.6 Å². The minimum atomic E-state index is -4.88. The molecule has 0 aliphatic carbocycles. The molecule has 0 bridgehead atoms. The molecule has 0 atom stereocenters. The molecule has 0 aromatic heterocycles. The van der Waals surface area contributed by atoms with Crippen LogP contribution in [-0.4, -0.2) is 25.2 Å². The standard InChI is InChI=1S/C13H14BrF3N2O/c14-10-8-9(18-12(20)13(15,16)17)4-5-11(10)19-6-2-1-3-7-19/h4-5,8H,1-3,6-7H2,(H,18,20). The van der Waals surface area contributed by atoms with E-state index in [0.29, 0.717) is 4.47 Å². The zero-order valence-electron chi connectivity index (χ0n) is 10.6. The van der Waals surface area contributed by atoms with E-state index in [2.05, 4.69) is 20.8 Å². The number of alkyl halides is 3. The average molecular weight is 351 g/mol. The highest BCUT2D eigenvalue weighted by atomic mass is 79.9. The monoisotopic (exact) mass is 350 g/mol. The van der Waals surface area contributed by atoms with Crippen molar-refractivity contribution in [3.05, 3.63) is 22.7 Å². The van der Waals surface area contributed by atoms with Crippen LogP contribution in [-0.2, 0) is 4.79 Å². The van der Waals surface area contributed by atoms with E-state index in [1.54, 1.807) is 6.07 Å². The van der Waals surface area contributed by atoms with Gasteiger partial charge in [0, 0.05) is 23.2 Å². The first-order valence-electron chi connectivity index (χ1n) is 6.30. The van der Waals surface area contributed by atoms with Gasteiger partial charge < -0.3 is 10.2 Å². The van der Waals surface area contributed by atoms with Crippen molar-refractivity contribution in [3.63, 3.8) is 0 Å². The molecule has 1 saturated heterocycles. The fraction of sp³-hybridized carbons (Fsp3) is 0.462. The first kappa shape index (κ1) is 15.2. The van der Waals surface area contributed by atoms with Gasteiger partial charge in [0.15, 0.2) is 0 Å². The minimum Gasteiger partial charge on any atom is -0.371 e. The van der Waals surface area contributed by atoms with Crippen molar-refractivity contribution in [2.75, 3.05) is 23.3 Å². The number of hydrogen-bond acceptors (Lipinski definition) is 2. The van der Waals surface area contributed by atoms with Gasteiger partial charge in [0.05, 0.1) is 5.69 Å². The molecule has 110 valence electrons. The Balaban J connectivity index is 2.11. The number of anilines is 2. The van der Waals surface area contributed by atoms with Crippen LogP contribution in [0.4, 0.5) is 24.5 Å². The van der Waals surface area contributed by atoms with Gasteiger partial charge in [-0.3, -0.25) is 4.79 Å². The van der Waals surface area contributed by atoms with Crippen LogP contribution in [0.25, 0.3) is 0 Å². The van der Waals surface area contributed by atoms with Gasteiger partial charge in [-0.2, -0.15) is 13.2 Å². The van der Waals surface area contributed by atoms with Gasteiger partial charge in [0.2, 0.25) is 0 Å². The molecule has 1 amide bonds. The number of piperidine rings is 1. The quantitative estimate of drug-likeness (QED) is 0.876. The SMILES string of the molecule is O=C(Nc1ccc(N2CCCCC2)c(Br)c1)C(F)(F)F. The normalized spacial score (nSPS) is 16.1. The van der Waals surface area contributed by atoms with Gasteiger partial charge in [-0.05, 0) is 53.4 Å². The summed E-state index contributed by atoms with van der Waals surface area (Å²) >= 11 is 3.35. The summed E-state index contributed by atoms with van der Waals surface area (Å²) in [6, 6.07) is 4.70. The van der Waals surface area contributed by atoms with Crippen molar-refractivity contribution in [2.45, 2.75) is 25.4 Å². The van der Waals surface area contributed by atoms with E-state index in [1.165, 1.54) is 18.6 Å². The second-order valence-electron chi connectivity index (χ2n) is 4.67. The summed E-state index contributed by atoms with van der Waals surface area (Å²) in [5.74, 6) is -1.96. The lowest BCUT2D eigenvalue weighted by Gasteiger charge is -2.29. The molecule has 3 nitrogen and oxygen atoms in total. The maximum Gasteiger partial charge on any atom is 0.471 e. The van der Waals surface area contributed by atoms with Crippen molar-refractivity contribution < 1.29 is 18.0 Å². The van der Waals surface area contributed by atoms with E-state index in [-0.39, 0.29) is 5.69 Å². The van der Waals surface area contributed by atoms with E-state index in [4.69, 9.17) is 0 Å². The van der Waals surface area contributed by atoms with Crippen LogP contribution < -0.4 is 10.2 Å². The molecule has 2 rings (SSSR count). The number of carbonyl (C=O) groups is 1. The summed E-state index contributed by atoms with van der Waals surface area (Å²) in [5, 5.41) is 1.84. The Hall–Kier alpha value is -1.24. The molecule has 0 unspecified atom stereocenters. The number of nitrogens with zero attached hydrogens (tertiary/aromatic N) is 1. The first-order chi connectivity index (χ1) is 9.38. The first-order valence-corrected chi connectivity index (χ1v) is 7.10. The van der Waals surface area contributed by atoms with Crippen LogP contribution in [0.15, 0.2) is 22.7 Å². The van der Waals surface area contributed by atoms with Crippen LogP contribution in [0.3, 0.4) is 0 Å². The lowest BCUT2D eigenvalue weighted by molar-refractivity contribution is -0.167. The van der Waals surface area contributed by atoms with E-state index >= 15 is 0 Å². The van der Waals surface area contributed by atoms with Gasteiger partial charge in [-0.25, -0.2) is 0 Å². The topological polar surface area (TPSA) is 32.3 Å². The fourth-order valence-electron chi connectivity index (χ4n) is 2.18. The Morgan fingerprint density at radius 2 is 1.85 bits per heavy atom. The van der Waals surface area contributed by atoms with Crippen molar-refractivity contribution in [1.29, 1.82) is 0 Å². The number of benzene rings is 1. The Morgan fingerprint density at radius 1 is 1.20 bits per heavy atom. The number of amides is 1. The van der Waals surface area contributed by atoms with Crippen LogP contribution >= 0.6 is 15.9 Å². The van der Waals surface area contributed by atoms with Crippen molar-refractivity contribution >= 4 is 33.2 Å². The predicted octanol–water partition coefficient (Wildman–Crippen LogP) is 3.94. The fourth-order valence-corrected chi connectivity index (χ4v) is 2.81. The van der Waals surface area contributed by atoms with E-state index < -0.39 is 12.1 Å². The van der Waals surface area contributed by atoms with Gasteiger partial charge in [0.1, 0.15) is 0 Å². The molecule has 20 heavy (non-hydrogen) atoms. The molecule has 1 aromatic rings. The van der Waals surface area contributed by atoms with Crippen molar-refractivity contribution in [2.24, 2.45) is 0 Å². The summed E-state index contributed by atoms with van der Waals surface area (Å²) in [6.45, 7) is 1.87. The lowest BCUT2D eigenvalue weighted by Crippen LogP contribution is -2.30. The maximum absolute atomic E-state index is 12.2. The lowest BCUT2D eigenvalue weighted by atomic mass is 10.1. The summed E-state index contributed by atoms with van der Waals surface area (Å²) in [4.78, 5) is 13.1. The number of carbonyl (C=O) groups excluding carboxylic acids is 1. The molecule has 0 saturated carbocycles. The number of rotatable bonds is 2. The number of nitrogens with one attached hydrogen (secondary N) is 1. The molecular weight excluding hydrogens is 337 g/mol. The summed E-state index contributed by atoms with van der Waals surface area (Å²) in [7, 11) is 0. The van der Waals surface area contributed by atoms with Gasteiger partial charge in [-0.1, -0.05) is 0 Å². The second-order valence-corrected chi connectivity index (χ2v) is 5.52. The summed E-state index contributed by atoms with van der Waals surface area (Å²) in [6.07, 6.45) is -1.45. The second kappa shape index (κ2) is 6.03. The largest absolute Gasteiger partial charge is 0.471 e. The van der Waals surface area contributed by atoms with E-state index in [9.17, 15) is 18.0 Å². The van der Waals surface area contributed by atoms with Crippen molar-refractivity contribution in [1.82, 2.24) is 0 Å². The maximum atomic E-state index is 12.2. The minimum absolute atomic E-state index is 0.125. The third-order valence-corrected chi connectivity index (χ3v) is 3.79. The number of hydrogen-bond donors (Lipinski definition) is 1. The highest BCUT2D eigenvalue weighted by molar-refractivity contribution is 9.10. The van der Waals surface area contributed by atoms with Crippen molar-refractivity contribution in [3.8, 4) is 0 Å². The highest BCUT2D eigenvalue weighted by Gasteiger charge is 2.38. The molecule has 1 aromatic carbocycles. The third-order valence-electron chi connectivity index (χ3n) is 3.16. The Kier molecular flexibility index (Phi) is 4.57. The molecule has 0 spiro atoms. The molecular formula is C13H14BrF3N2O. The Bertz CT molecular complexity index is 499. The van der Waals surface area contributed by atoms with Gasteiger partial charge >= 0.3 is 12.1 Å². The number of halogens is 4. The molecule has 0 radical (unpaired) electrons. The van der Waals surface area contributed by atoms with Crippen LogP contribution in [0.5, 0.6) is 0 Å². The van der Waals surface area contributed by atoms with Crippen LogP contribution in [0, 0.1) is 0 Å². The van der Waals surface area contributed by atoms with Crippen LogP contribution in [0.1, 0.15) is 19.3 Å². The Morgan fingerprint density at radius 3 is 2.40 bits per heavy atom. The third kappa shape index (κ3) is 3.65. The van der Waals surface area contributed by atoms with E-state index in [1.807, 2.05) is 5.32 Å². The summed E-state index contributed by atoms with van der Waals surface area (Å²) < 4.78 is 37.2.